The number of hydrogen-bond acceptors (Lipinski definition) is 4. The standard InChI is InChI=1S/C20H28N2O3S/c1-5-25-18(23)15-9-12-10-16(20(12,2)3)17(15)22-19(26)21-13-7-6-8-14(11-13)24-4/h6-8,11-12,15-17H,5,9-10H2,1-4H3,(H2,21,22,26)/t12-,15+,16-,17-/m1/s1. The normalized spacial score (nSPS) is 28.5. The van der Waals surface area contributed by atoms with Gasteiger partial charge in [0.25, 0.3) is 0 Å². The number of esters is 1. The van der Waals surface area contributed by atoms with Gasteiger partial charge in [0.2, 0.25) is 0 Å². The zero-order chi connectivity index (χ0) is 18.9. The van der Waals surface area contributed by atoms with E-state index in [9.17, 15) is 4.79 Å². The molecule has 0 heterocycles. The number of thiocarbonyl (C=S) groups is 1. The van der Waals surface area contributed by atoms with E-state index in [0.29, 0.717) is 23.6 Å². The molecule has 2 bridgehead atoms. The second kappa shape index (κ2) is 7.43. The highest BCUT2D eigenvalue weighted by molar-refractivity contribution is 7.80. The third kappa shape index (κ3) is 3.52. The summed E-state index contributed by atoms with van der Waals surface area (Å²) in [5, 5.41) is 7.15. The van der Waals surface area contributed by atoms with Crippen LogP contribution in [0.1, 0.15) is 33.6 Å². The van der Waals surface area contributed by atoms with Gasteiger partial charge >= 0.3 is 5.97 Å². The molecule has 3 fully saturated rings. The summed E-state index contributed by atoms with van der Waals surface area (Å²) in [6, 6.07) is 7.62. The first-order valence-corrected chi connectivity index (χ1v) is 9.65. The van der Waals surface area contributed by atoms with Crippen molar-refractivity contribution in [2.24, 2.45) is 23.2 Å². The molecule has 0 amide bonds. The van der Waals surface area contributed by atoms with Crippen LogP contribution in [0.15, 0.2) is 24.3 Å². The summed E-state index contributed by atoms with van der Waals surface area (Å²) in [6.45, 7) is 6.84. The molecule has 6 heteroatoms. The van der Waals surface area contributed by atoms with Gasteiger partial charge in [0.1, 0.15) is 5.75 Å². The lowest BCUT2D eigenvalue weighted by molar-refractivity contribution is -0.166. The van der Waals surface area contributed by atoms with E-state index < -0.39 is 0 Å². The van der Waals surface area contributed by atoms with Gasteiger partial charge in [-0.3, -0.25) is 4.79 Å². The van der Waals surface area contributed by atoms with E-state index in [0.717, 1.165) is 24.3 Å². The quantitative estimate of drug-likeness (QED) is 0.605. The van der Waals surface area contributed by atoms with Crippen molar-refractivity contribution in [3.8, 4) is 5.75 Å². The van der Waals surface area contributed by atoms with Crippen molar-refractivity contribution in [2.75, 3.05) is 19.0 Å². The van der Waals surface area contributed by atoms with E-state index in [1.165, 1.54) is 0 Å². The first kappa shape index (κ1) is 19.0. The molecule has 5 nitrogen and oxygen atoms in total. The first-order chi connectivity index (χ1) is 12.4. The van der Waals surface area contributed by atoms with Crippen LogP contribution in [0.25, 0.3) is 0 Å². The average molecular weight is 377 g/mol. The monoisotopic (exact) mass is 376 g/mol. The highest BCUT2D eigenvalue weighted by Gasteiger charge is 2.59. The molecule has 4 rings (SSSR count). The maximum absolute atomic E-state index is 12.5. The van der Waals surface area contributed by atoms with Gasteiger partial charge in [-0.05, 0) is 61.4 Å². The Morgan fingerprint density at radius 3 is 2.77 bits per heavy atom. The third-order valence-corrected chi connectivity index (χ3v) is 6.39. The predicted molar refractivity (Wildman–Crippen MR) is 106 cm³/mol. The maximum Gasteiger partial charge on any atom is 0.311 e. The fraction of sp³-hybridized carbons (Fsp3) is 0.600. The largest absolute Gasteiger partial charge is 0.497 e. The van der Waals surface area contributed by atoms with Crippen molar-refractivity contribution in [3.63, 3.8) is 0 Å². The van der Waals surface area contributed by atoms with Crippen LogP contribution in [0, 0.1) is 23.2 Å². The molecule has 0 aliphatic heterocycles. The fourth-order valence-corrected chi connectivity index (χ4v) is 4.77. The molecule has 2 N–H and O–H groups in total. The minimum absolute atomic E-state index is 0.000317. The topological polar surface area (TPSA) is 59.6 Å². The van der Waals surface area contributed by atoms with Gasteiger partial charge in [0.05, 0.1) is 19.6 Å². The van der Waals surface area contributed by atoms with Gasteiger partial charge in [0, 0.05) is 17.8 Å². The van der Waals surface area contributed by atoms with Crippen molar-refractivity contribution in [1.29, 1.82) is 0 Å². The first-order valence-electron chi connectivity index (χ1n) is 9.25. The van der Waals surface area contributed by atoms with Crippen LogP contribution in [0.5, 0.6) is 5.75 Å². The number of fused-ring (bicyclic) bond motifs is 2. The molecular weight excluding hydrogens is 348 g/mol. The van der Waals surface area contributed by atoms with E-state index in [1.54, 1.807) is 7.11 Å². The van der Waals surface area contributed by atoms with E-state index in [4.69, 9.17) is 21.7 Å². The summed E-state index contributed by atoms with van der Waals surface area (Å²) in [7, 11) is 1.64. The van der Waals surface area contributed by atoms with Crippen molar-refractivity contribution in [1.82, 2.24) is 5.32 Å². The molecule has 4 atom stereocenters. The van der Waals surface area contributed by atoms with E-state index in [-0.39, 0.29) is 23.3 Å². The average Bonchev–Trinajstić information content (AvgIpc) is 2.61. The number of anilines is 1. The van der Waals surface area contributed by atoms with Gasteiger partial charge in [-0.15, -0.1) is 0 Å². The Labute approximate surface area is 160 Å². The van der Waals surface area contributed by atoms with Crippen molar-refractivity contribution >= 4 is 29.0 Å². The number of carbonyl (C=O) groups is 1. The molecule has 0 radical (unpaired) electrons. The lowest BCUT2D eigenvalue weighted by Crippen LogP contribution is -2.65. The zero-order valence-corrected chi connectivity index (χ0v) is 16.7. The Hall–Kier alpha value is -1.82. The highest BCUT2D eigenvalue weighted by Crippen LogP contribution is 2.60. The molecule has 0 unspecified atom stereocenters. The SMILES string of the molecule is CCOC(=O)[C@H]1C[C@@H]2C[C@H]([C@@H]1NC(=S)Nc1cccc(OC)c1)C2(C)C. The maximum atomic E-state index is 12.5. The molecular formula is C20H28N2O3S. The van der Waals surface area contributed by atoms with Gasteiger partial charge in [-0.1, -0.05) is 19.9 Å². The van der Waals surface area contributed by atoms with Crippen LogP contribution in [-0.2, 0) is 9.53 Å². The lowest BCUT2D eigenvalue weighted by Gasteiger charge is -2.62. The molecule has 0 saturated heterocycles. The van der Waals surface area contributed by atoms with Gasteiger partial charge in [0.15, 0.2) is 5.11 Å². The summed E-state index contributed by atoms with van der Waals surface area (Å²) in [6.07, 6.45) is 2.00. The Bertz CT molecular complexity index is 691. The van der Waals surface area contributed by atoms with Gasteiger partial charge in [-0.2, -0.15) is 0 Å². The van der Waals surface area contributed by atoms with Crippen LogP contribution in [0.3, 0.4) is 0 Å². The number of methoxy groups -OCH3 is 1. The van der Waals surface area contributed by atoms with Gasteiger partial charge < -0.3 is 20.1 Å². The number of hydrogen-bond donors (Lipinski definition) is 2. The molecule has 3 aliphatic rings. The summed E-state index contributed by atoms with van der Waals surface area (Å²) in [5.41, 5.74) is 1.09. The Kier molecular flexibility index (Phi) is 5.42. The molecule has 3 saturated carbocycles. The molecule has 1 aromatic carbocycles. The van der Waals surface area contributed by atoms with Crippen LogP contribution in [0.2, 0.25) is 0 Å². The van der Waals surface area contributed by atoms with Crippen LogP contribution >= 0.6 is 12.2 Å². The van der Waals surface area contributed by atoms with E-state index in [1.807, 2.05) is 31.2 Å². The molecule has 1 aromatic rings. The predicted octanol–water partition coefficient (Wildman–Crippen LogP) is 3.60. The van der Waals surface area contributed by atoms with Crippen molar-refractivity contribution in [3.05, 3.63) is 24.3 Å². The molecule has 3 aliphatic carbocycles. The number of ether oxygens (including phenoxy) is 2. The van der Waals surface area contributed by atoms with E-state index in [2.05, 4.69) is 24.5 Å². The smallest absolute Gasteiger partial charge is 0.311 e. The summed E-state index contributed by atoms with van der Waals surface area (Å²) in [5.74, 6) is 1.51. The molecule has 142 valence electrons. The van der Waals surface area contributed by atoms with Crippen LogP contribution in [0.4, 0.5) is 5.69 Å². The Morgan fingerprint density at radius 2 is 2.12 bits per heavy atom. The number of rotatable bonds is 5. The van der Waals surface area contributed by atoms with Gasteiger partial charge in [-0.25, -0.2) is 0 Å². The van der Waals surface area contributed by atoms with Crippen LogP contribution in [-0.4, -0.2) is 30.8 Å². The molecule has 0 spiro atoms. The highest BCUT2D eigenvalue weighted by atomic mass is 32.1. The summed E-state index contributed by atoms with van der Waals surface area (Å²) in [4.78, 5) is 12.5. The number of nitrogens with one attached hydrogen (secondary N) is 2. The van der Waals surface area contributed by atoms with Crippen molar-refractivity contribution < 1.29 is 14.3 Å². The molecule has 26 heavy (non-hydrogen) atoms. The van der Waals surface area contributed by atoms with Crippen molar-refractivity contribution in [2.45, 2.75) is 39.7 Å². The minimum Gasteiger partial charge on any atom is -0.497 e. The Morgan fingerprint density at radius 1 is 1.35 bits per heavy atom. The third-order valence-electron chi connectivity index (χ3n) is 6.17. The summed E-state index contributed by atoms with van der Waals surface area (Å²) >= 11 is 5.53. The molecule has 0 aromatic heterocycles. The second-order valence-corrected chi connectivity index (χ2v) is 8.22. The fourth-order valence-electron chi connectivity index (χ4n) is 4.51. The van der Waals surface area contributed by atoms with Crippen LogP contribution < -0.4 is 15.4 Å². The van der Waals surface area contributed by atoms with E-state index >= 15 is 0 Å². The minimum atomic E-state index is -0.142. The Balaban J connectivity index is 1.71. The lowest BCUT2D eigenvalue weighted by atomic mass is 9.45. The second-order valence-electron chi connectivity index (χ2n) is 7.81. The number of carbonyl (C=O) groups excluding carboxylic acids is 1. The number of benzene rings is 1. The summed E-state index contributed by atoms with van der Waals surface area (Å²) < 4.78 is 10.6. The zero-order valence-electron chi connectivity index (χ0n) is 15.9.